The van der Waals surface area contributed by atoms with E-state index in [2.05, 4.69) is 11.2 Å². The van der Waals surface area contributed by atoms with Crippen molar-refractivity contribution >= 4 is 17.2 Å². The molecule has 8 heavy (non-hydrogen) atoms. The minimum Gasteiger partial charge on any atom is -0.373 e. The Morgan fingerprint density at radius 1 is 1.75 bits per heavy atom. The molecule has 1 rings (SSSR count). The number of hydrogen-bond donors (Lipinski definition) is 1. The lowest BCUT2D eigenvalue weighted by Crippen LogP contribution is -2.40. The van der Waals surface area contributed by atoms with Gasteiger partial charge in [0.05, 0.1) is 6.61 Å². The lowest BCUT2D eigenvalue weighted by Gasteiger charge is -2.12. The first-order valence-corrected chi connectivity index (χ1v) is 3.70. The molecule has 1 aliphatic rings. The third kappa shape index (κ3) is 1.51. The van der Waals surface area contributed by atoms with Crippen LogP contribution in [-0.2, 0) is 16.1 Å². The average molecular weight is 132 g/mol. The van der Waals surface area contributed by atoms with Crippen LogP contribution in [0.1, 0.15) is 0 Å². The molecule has 0 saturated carbocycles. The number of hydrogen-bond acceptors (Lipinski definition) is 2. The number of morpholine rings is 1. The summed E-state index contributed by atoms with van der Waals surface area (Å²) in [6, 6.07) is 0. The molecule has 0 aromatic rings. The van der Waals surface area contributed by atoms with E-state index in [1.165, 1.54) is 0 Å². The first kappa shape index (κ1) is 6.13. The fourth-order valence-electron chi connectivity index (χ4n) is 0.648. The van der Waals surface area contributed by atoms with E-state index in [1.54, 1.807) is 11.4 Å². The Hall–Kier alpha value is 0.0100. The molecule has 0 radical (unpaired) electrons. The smallest absolute Gasteiger partial charge is 0.260 e. The highest BCUT2D eigenvalue weighted by molar-refractivity contribution is 7.76. The topological polar surface area (TPSA) is 21.3 Å². The lowest BCUT2D eigenvalue weighted by atomic mass is 10.5. The van der Waals surface area contributed by atoms with Crippen LogP contribution in [0.3, 0.4) is 0 Å². The van der Waals surface area contributed by atoms with Gasteiger partial charge in [0.15, 0.2) is 17.2 Å². The van der Waals surface area contributed by atoms with Crippen molar-refractivity contribution in [1.82, 2.24) is 5.32 Å². The van der Waals surface area contributed by atoms with Crippen LogP contribution in [0.5, 0.6) is 0 Å². The molecule has 0 aromatic heterocycles. The van der Waals surface area contributed by atoms with E-state index in [1.807, 2.05) is 0 Å². The largest absolute Gasteiger partial charge is 0.373 e. The fraction of sp³-hybridized carbons (Fsp3) is 0.800. The van der Waals surface area contributed by atoms with Crippen molar-refractivity contribution in [1.29, 1.82) is 0 Å². The number of ether oxygens (including phenoxy) is 1. The van der Waals surface area contributed by atoms with E-state index in [4.69, 9.17) is 4.74 Å². The van der Waals surface area contributed by atoms with Gasteiger partial charge < -0.3 is 4.74 Å². The Morgan fingerprint density at radius 3 is 3.00 bits per heavy atom. The quantitative estimate of drug-likeness (QED) is 0.382. The second-order valence-corrected chi connectivity index (χ2v) is 2.59. The highest BCUT2D eigenvalue weighted by Gasteiger charge is 2.17. The predicted octanol–water partition coefficient (Wildman–Crippen LogP) is -0.553. The SMILES string of the molecule is C=[S+]C1COCCN1. The predicted molar refractivity (Wildman–Crippen MR) is 37.1 cm³/mol. The summed E-state index contributed by atoms with van der Waals surface area (Å²) in [5, 5.41) is 3.66. The van der Waals surface area contributed by atoms with Gasteiger partial charge in [0.25, 0.3) is 5.37 Å². The molecule has 1 atom stereocenters. The molecule has 2 nitrogen and oxygen atoms in total. The first-order valence-electron chi connectivity index (χ1n) is 2.65. The van der Waals surface area contributed by atoms with Gasteiger partial charge in [-0.05, 0) is 0 Å². The zero-order valence-electron chi connectivity index (χ0n) is 4.72. The van der Waals surface area contributed by atoms with Crippen LogP contribution in [0.25, 0.3) is 0 Å². The molecular formula is C5H10NOS+. The van der Waals surface area contributed by atoms with Gasteiger partial charge in [-0.1, -0.05) is 0 Å². The molecule has 0 amide bonds. The van der Waals surface area contributed by atoms with Crippen LogP contribution in [0.4, 0.5) is 0 Å². The monoisotopic (exact) mass is 132 g/mol. The summed E-state index contributed by atoms with van der Waals surface area (Å²) in [7, 11) is 0. The van der Waals surface area contributed by atoms with Gasteiger partial charge in [-0.3, -0.25) is 5.32 Å². The van der Waals surface area contributed by atoms with Crippen molar-refractivity contribution in [2.45, 2.75) is 5.37 Å². The van der Waals surface area contributed by atoms with Crippen LogP contribution in [0.2, 0.25) is 0 Å². The van der Waals surface area contributed by atoms with E-state index in [0.29, 0.717) is 5.37 Å². The third-order valence-corrected chi connectivity index (χ3v) is 1.79. The summed E-state index contributed by atoms with van der Waals surface area (Å²) in [5.74, 6) is 3.68. The summed E-state index contributed by atoms with van der Waals surface area (Å²) in [6.45, 7) is 2.61. The molecule has 1 saturated heterocycles. The summed E-state index contributed by atoms with van der Waals surface area (Å²) < 4.78 is 5.15. The highest BCUT2D eigenvalue weighted by atomic mass is 32.1. The van der Waals surface area contributed by atoms with Crippen LogP contribution < -0.4 is 5.32 Å². The van der Waals surface area contributed by atoms with E-state index in [9.17, 15) is 0 Å². The molecule has 1 fully saturated rings. The Morgan fingerprint density at radius 2 is 2.62 bits per heavy atom. The summed E-state index contributed by atoms with van der Waals surface area (Å²) in [4.78, 5) is 0. The molecule has 3 heteroatoms. The lowest BCUT2D eigenvalue weighted by molar-refractivity contribution is 0.101. The Balaban J connectivity index is 2.22. The summed E-state index contributed by atoms with van der Waals surface area (Å²) in [6.07, 6.45) is 0. The standard InChI is InChI=1S/C5H10NOS/c1-8-5-4-7-3-2-6-5/h5-6H,1-4H2/q+1. The molecule has 0 spiro atoms. The minimum atomic E-state index is 0.420. The fourth-order valence-corrected chi connectivity index (χ4v) is 1.08. The van der Waals surface area contributed by atoms with Gasteiger partial charge in [0, 0.05) is 6.54 Å². The summed E-state index contributed by atoms with van der Waals surface area (Å²) >= 11 is 1.56. The zero-order chi connectivity index (χ0) is 5.82. The van der Waals surface area contributed by atoms with E-state index < -0.39 is 0 Å². The van der Waals surface area contributed by atoms with E-state index >= 15 is 0 Å². The molecule has 1 unspecified atom stereocenters. The van der Waals surface area contributed by atoms with Crippen molar-refractivity contribution in [3.8, 4) is 0 Å². The number of nitrogens with one attached hydrogen (secondary N) is 1. The molecule has 0 aromatic carbocycles. The van der Waals surface area contributed by atoms with Crippen LogP contribution in [-0.4, -0.2) is 31.0 Å². The van der Waals surface area contributed by atoms with Gasteiger partial charge in [0.2, 0.25) is 0 Å². The van der Waals surface area contributed by atoms with Gasteiger partial charge in [-0.25, -0.2) is 0 Å². The molecular weight excluding hydrogens is 122 g/mol. The second-order valence-electron chi connectivity index (χ2n) is 1.68. The van der Waals surface area contributed by atoms with Crippen molar-refractivity contribution in [3.05, 3.63) is 0 Å². The van der Waals surface area contributed by atoms with Gasteiger partial charge in [0.1, 0.15) is 6.61 Å². The van der Waals surface area contributed by atoms with Gasteiger partial charge in [-0.15, -0.1) is 0 Å². The van der Waals surface area contributed by atoms with Crippen molar-refractivity contribution < 1.29 is 4.74 Å². The Bertz CT molecular complexity index is 80.5. The average Bonchev–Trinajstić information content (AvgIpc) is 1.90. The summed E-state index contributed by atoms with van der Waals surface area (Å²) in [5.41, 5.74) is 0. The zero-order valence-corrected chi connectivity index (χ0v) is 5.54. The molecule has 1 heterocycles. The van der Waals surface area contributed by atoms with Crippen molar-refractivity contribution in [3.63, 3.8) is 0 Å². The third-order valence-electron chi connectivity index (χ3n) is 1.09. The van der Waals surface area contributed by atoms with Crippen molar-refractivity contribution in [2.24, 2.45) is 0 Å². The van der Waals surface area contributed by atoms with E-state index in [0.717, 1.165) is 19.8 Å². The van der Waals surface area contributed by atoms with E-state index in [-0.39, 0.29) is 0 Å². The molecule has 0 aliphatic carbocycles. The first-order chi connectivity index (χ1) is 3.93. The normalized spacial score (nSPS) is 29.8. The maximum Gasteiger partial charge on any atom is 0.260 e. The maximum absolute atomic E-state index is 5.15. The highest BCUT2D eigenvalue weighted by Crippen LogP contribution is 1.89. The van der Waals surface area contributed by atoms with Crippen LogP contribution >= 0.6 is 0 Å². The van der Waals surface area contributed by atoms with Gasteiger partial charge in [-0.2, -0.15) is 0 Å². The van der Waals surface area contributed by atoms with Crippen LogP contribution in [0.15, 0.2) is 0 Å². The van der Waals surface area contributed by atoms with Crippen molar-refractivity contribution in [2.75, 3.05) is 19.8 Å². The molecule has 0 bridgehead atoms. The molecule has 1 aliphatic heterocycles. The Kier molecular flexibility index (Phi) is 2.39. The molecule has 46 valence electrons. The second kappa shape index (κ2) is 3.12. The maximum atomic E-state index is 5.15. The van der Waals surface area contributed by atoms with Gasteiger partial charge >= 0.3 is 0 Å². The number of rotatable bonds is 1. The Labute approximate surface area is 53.2 Å². The molecule has 1 N–H and O–H groups in total. The van der Waals surface area contributed by atoms with Crippen LogP contribution in [0, 0.1) is 0 Å². The minimum absolute atomic E-state index is 0.420.